The van der Waals surface area contributed by atoms with Gasteiger partial charge in [-0.1, -0.05) is 24.3 Å². The number of halogens is 1. The van der Waals surface area contributed by atoms with Gasteiger partial charge in [-0.2, -0.15) is 0 Å². The third kappa shape index (κ3) is 2.79. The maximum Gasteiger partial charge on any atom is 0.151 e. The predicted octanol–water partition coefficient (Wildman–Crippen LogP) is 3.75. The van der Waals surface area contributed by atoms with Crippen molar-refractivity contribution in [3.8, 4) is 0 Å². The molecule has 0 bridgehead atoms. The van der Waals surface area contributed by atoms with Crippen molar-refractivity contribution < 1.29 is 4.39 Å². The minimum absolute atomic E-state index is 0.271. The second-order valence-electron chi connectivity index (χ2n) is 4.72. The van der Waals surface area contributed by atoms with E-state index in [-0.39, 0.29) is 5.82 Å². The second-order valence-corrected chi connectivity index (χ2v) is 4.72. The van der Waals surface area contributed by atoms with Crippen LogP contribution in [0.3, 0.4) is 0 Å². The van der Waals surface area contributed by atoms with Crippen molar-refractivity contribution >= 4 is 16.7 Å². The first kappa shape index (κ1) is 12.7. The molecular weight excluding hydrogens is 253 g/mol. The monoisotopic (exact) mass is 269 g/mol. The molecule has 0 spiro atoms. The molecule has 3 rings (SSSR count). The topological polar surface area (TPSA) is 40.7 Å². The van der Waals surface area contributed by atoms with Crippen LogP contribution in [-0.2, 0) is 6.42 Å². The Labute approximate surface area is 116 Å². The number of nitrogens with zero attached hydrogens (tertiary/aromatic N) is 1. The number of hydrogen-bond donors (Lipinski definition) is 2. The number of fused-ring (bicyclic) bond motifs is 1. The van der Waals surface area contributed by atoms with E-state index in [4.69, 9.17) is 0 Å². The normalized spacial score (nSPS) is 10.8. The first-order valence-corrected chi connectivity index (χ1v) is 6.75. The van der Waals surface area contributed by atoms with Gasteiger partial charge in [-0.25, -0.2) is 9.37 Å². The molecule has 0 amide bonds. The van der Waals surface area contributed by atoms with E-state index in [9.17, 15) is 4.39 Å². The Morgan fingerprint density at radius 1 is 1.05 bits per heavy atom. The highest BCUT2D eigenvalue weighted by molar-refractivity contribution is 5.75. The number of anilines is 1. The Bertz CT molecular complexity index is 691. The molecule has 0 saturated carbocycles. The van der Waals surface area contributed by atoms with Crippen LogP contribution in [0.15, 0.2) is 48.5 Å². The molecule has 102 valence electrons. The number of H-pyrrole nitrogens is 1. The van der Waals surface area contributed by atoms with Crippen LogP contribution in [0.2, 0.25) is 0 Å². The quantitative estimate of drug-likeness (QED) is 0.693. The minimum Gasteiger partial charge on any atom is -0.385 e. The van der Waals surface area contributed by atoms with Crippen molar-refractivity contribution in [1.29, 1.82) is 0 Å². The van der Waals surface area contributed by atoms with Crippen molar-refractivity contribution in [2.75, 3.05) is 11.9 Å². The number of para-hydroxylation sites is 2. The summed E-state index contributed by atoms with van der Waals surface area (Å²) < 4.78 is 13.5. The van der Waals surface area contributed by atoms with Crippen LogP contribution < -0.4 is 5.32 Å². The molecular formula is C16H16FN3. The molecule has 2 aromatic carbocycles. The molecule has 0 aliphatic carbocycles. The molecule has 2 N–H and O–H groups in total. The van der Waals surface area contributed by atoms with Crippen molar-refractivity contribution in [2.24, 2.45) is 0 Å². The summed E-state index contributed by atoms with van der Waals surface area (Å²) in [5.41, 5.74) is 2.30. The first-order chi connectivity index (χ1) is 9.83. The van der Waals surface area contributed by atoms with E-state index in [2.05, 4.69) is 15.3 Å². The van der Waals surface area contributed by atoms with Crippen LogP contribution in [0.25, 0.3) is 11.0 Å². The molecule has 3 aromatic rings. The van der Waals surface area contributed by atoms with Crippen molar-refractivity contribution in [3.05, 3.63) is 60.2 Å². The fraction of sp³-hybridized carbons (Fsp3) is 0.188. The molecule has 0 saturated heterocycles. The smallest absolute Gasteiger partial charge is 0.151 e. The lowest BCUT2D eigenvalue weighted by atomic mass is 10.2. The molecule has 0 aliphatic heterocycles. The van der Waals surface area contributed by atoms with Crippen LogP contribution in [-0.4, -0.2) is 16.5 Å². The number of imidazole rings is 1. The van der Waals surface area contributed by atoms with E-state index in [1.54, 1.807) is 6.07 Å². The molecule has 0 aliphatic rings. The van der Waals surface area contributed by atoms with Crippen LogP contribution in [0.1, 0.15) is 12.2 Å². The maximum atomic E-state index is 13.5. The van der Waals surface area contributed by atoms with E-state index in [0.29, 0.717) is 5.52 Å². The van der Waals surface area contributed by atoms with Gasteiger partial charge in [0.05, 0.1) is 5.52 Å². The average Bonchev–Trinajstić information content (AvgIpc) is 2.89. The van der Waals surface area contributed by atoms with Crippen LogP contribution in [0, 0.1) is 5.82 Å². The lowest BCUT2D eigenvalue weighted by Gasteiger charge is -2.04. The van der Waals surface area contributed by atoms with Gasteiger partial charge in [-0.3, -0.25) is 0 Å². The van der Waals surface area contributed by atoms with Gasteiger partial charge in [-0.15, -0.1) is 0 Å². The Hall–Kier alpha value is -2.36. The largest absolute Gasteiger partial charge is 0.385 e. The van der Waals surface area contributed by atoms with Crippen molar-refractivity contribution in [2.45, 2.75) is 12.8 Å². The summed E-state index contributed by atoms with van der Waals surface area (Å²) >= 11 is 0. The van der Waals surface area contributed by atoms with Crippen LogP contribution in [0.5, 0.6) is 0 Å². The van der Waals surface area contributed by atoms with Crippen LogP contribution in [0.4, 0.5) is 10.1 Å². The number of rotatable bonds is 5. The standard InChI is InChI=1S/C16H16FN3/c17-13-8-4-9-14-16(13)20-15(19-14)10-5-11-18-12-6-2-1-3-7-12/h1-4,6-9,18H,5,10-11H2,(H,19,20). The Kier molecular flexibility index (Phi) is 3.63. The van der Waals surface area contributed by atoms with Gasteiger partial charge >= 0.3 is 0 Å². The fourth-order valence-corrected chi connectivity index (χ4v) is 2.21. The van der Waals surface area contributed by atoms with Gasteiger partial charge in [-0.05, 0) is 30.7 Å². The molecule has 0 unspecified atom stereocenters. The van der Waals surface area contributed by atoms with E-state index in [1.807, 2.05) is 36.4 Å². The summed E-state index contributed by atoms with van der Waals surface area (Å²) in [5.74, 6) is 0.562. The summed E-state index contributed by atoms with van der Waals surface area (Å²) in [5, 5.41) is 3.34. The third-order valence-electron chi connectivity index (χ3n) is 3.21. The molecule has 1 heterocycles. The zero-order valence-electron chi connectivity index (χ0n) is 11.1. The highest BCUT2D eigenvalue weighted by atomic mass is 19.1. The SMILES string of the molecule is Fc1cccc2[nH]c(CCCNc3ccccc3)nc12. The Morgan fingerprint density at radius 3 is 2.70 bits per heavy atom. The fourth-order valence-electron chi connectivity index (χ4n) is 2.21. The second kappa shape index (κ2) is 5.74. The van der Waals surface area contributed by atoms with Crippen LogP contribution >= 0.6 is 0 Å². The van der Waals surface area contributed by atoms with Gasteiger partial charge in [0.2, 0.25) is 0 Å². The van der Waals surface area contributed by atoms with E-state index in [1.165, 1.54) is 6.07 Å². The Morgan fingerprint density at radius 2 is 1.90 bits per heavy atom. The minimum atomic E-state index is -0.271. The highest BCUT2D eigenvalue weighted by Crippen LogP contribution is 2.15. The van der Waals surface area contributed by atoms with Gasteiger partial charge in [0.1, 0.15) is 11.3 Å². The highest BCUT2D eigenvalue weighted by Gasteiger charge is 2.06. The molecule has 4 heteroatoms. The summed E-state index contributed by atoms with van der Waals surface area (Å²) in [6, 6.07) is 15.0. The zero-order chi connectivity index (χ0) is 13.8. The van der Waals surface area contributed by atoms with Crippen molar-refractivity contribution in [3.63, 3.8) is 0 Å². The lowest BCUT2D eigenvalue weighted by molar-refractivity contribution is 0.637. The maximum absolute atomic E-state index is 13.5. The summed E-state index contributed by atoms with van der Waals surface area (Å²) in [6.45, 7) is 0.865. The number of hydrogen-bond acceptors (Lipinski definition) is 2. The summed E-state index contributed by atoms with van der Waals surface area (Å²) in [6.07, 6.45) is 1.74. The van der Waals surface area contributed by atoms with Crippen molar-refractivity contribution in [1.82, 2.24) is 9.97 Å². The lowest BCUT2D eigenvalue weighted by Crippen LogP contribution is -2.03. The van der Waals surface area contributed by atoms with E-state index < -0.39 is 0 Å². The zero-order valence-corrected chi connectivity index (χ0v) is 11.1. The first-order valence-electron chi connectivity index (χ1n) is 6.75. The van der Waals surface area contributed by atoms with Gasteiger partial charge in [0.15, 0.2) is 5.82 Å². The number of aromatic amines is 1. The van der Waals surface area contributed by atoms with Gasteiger partial charge in [0.25, 0.3) is 0 Å². The Balaban J connectivity index is 1.56. The molecule has 1 aromatic heterocycles. The molecule has 0 atom stereocenters. The molecule has 3 nitrogen and oxygen atoms in total. The predicted molar refractivity (Wildman–Crippen MR) is 79.3 cm³/mol. The third-order valence-corrected chi connectivity index (χ3v) is 3.21. The average molecular weight is 269 g/mol. The van der Waals surface area contributed by atoms with E-state index >= 15 is 0 Å². The van der Waals surface area contributed by atoms with Gasteiger partial charge < -0.3 is 10.3 Å². The number of aryl methyl sites for hydroxylation is 1. The molecule has 0 fully saturated rings. The number of aromatic nitrogens is 2. The number of nitrogens with one attached hydrogen (secondary N) is 2. The van der Waals surface area contributed by atoms with E-state index in [0.717, 1.165) is 36.4 Å². The molecule has 20 heavy (non-hydrogen) atoms. The summed E-state index contributed by atoms with van der Waals surface area (Å²) in [7, 11) is 0. The number of benzene rings is 2. The molecule has 0 radical (unpaired) electrons. The summed E-state index contributed by atoms with van der Waals surface area (Å²) in [4.78, 5) is 7.45. The van der Waals surface area contributed by atoms with Gasteiger partial charge in [0, 0.05) is 18.7 Å².